The number of nitrogens with zero attached hydrogens (tertiary/aromatic N) is 6. The molecule has 0 atom stereocenters. The number of benzene rings is 8. The van der Waals surface area contributed by atoms with Crippen molar-refractivity contribution in [3.8, 4) is 40.1 Å². The lowest BCUT2D eigenvalue weighted by Crippen LogP contribution is -2.48. The summed E-state index contributed by atoms with van der Waals surface area (Å²) >= 11 is 0. The second-order valence-corrected chi connectivity index (χ2v) is 17.0. The van der Waals surface area contributed by atoms with Gasteiger partial charge in [0.1, 0.15) is 94.2 Å². The normalized spacial score (nSPS) is 11.9. The molecule has 0 bridgehead atoms. The first-order valence-electron chi connectivity index (χ1n) is 21.7. The molecule has 0 aliphatic carbocycles. The molecule has 0 amide bonds. The zero-order chi connectivity index (χ0) is 47.9. The predicted molar refractivity (Wildman–Crippen MR) is 298 cm³/mol. The summed E-state index contributed by atoms with van der Waals surface area (Å²) < 4.78 is 5.84. The van der Waals surface area contributed by atoms with E-state index in [9.17, 15) is 0 Å². The van der Waals surface area contributed by atoms with Gasteiger partial charge in [-0.05, 0) is 58.6 Å². The molecule has 0 saturated heterocycles. The molecule has 0 N–H and O–H groups in total. The Morgan fingerprint density at radius 1 is 0.275 bits per heavy atom. The van der Waals surface area contributed by atoms with E-state index in [1.165, 1.54) is 0 Å². The highest BCUT2D eigenvalue weighted by atomic mass is 15.2. The molecule has 4 heterocycles. The SMILES string of the molecule is [B]c1c([B])c([B])c2c(c1[B])c1ccccc1n2-c1nc(-c2ccccc2-n2c3ccccc3c3c([B])c([B])c([B])c([B])c32)nc(-c2ccccc2-n2c3ccccc3c3c([B])c([B])c([B])c([B])c32)n1. The quantitative estimate of drug-likeness (QED) is 0.189. The topological polar surface area (TPSA) is 53.5 Å². The average molecular weight is 847 g/mol. The van der Waals surface area contributed by atoms with Gasteiger partial charge in [-0.25, -0.2) is 4.98 Å². The lowest BCUT2D eigenvalue weighted by Gasteiger charge is -2.20. The summed E-state index contributed by atoms with van der Waals surface area (Å²) in [5.74, 6) is 0.724. The molecule has 0 aliphatic heterocycles. The van der Waals surface area contributed by atoms with Crippen molar-refractivity contribution in [3.63, 3.8) is 0 Å². The molecule has 6 nitrogen and oxygen atoms in total. The Labute approximate surface area is 413 Å². The maximum absolute atomic E-state index is 6.93. The van der Waals surface area contributed by atoms with Crippen molar-refractivity contribution in [1.82, 2.24) is 28.7 Å². The number of rotatable bonds is 5. The minimum Gasteiger partial charge on any atom is -0.309 e. The molecule has 0 saturated carbocycles. The Morgan fingerprint density at radius 2 is 0.565 bits per heavy atom. The molecule has 0 unspecified atom stereocenters. The van der Waals surface area contributed by atoms with Crippen LogP contribution in [-0.4, -0.2) is 123 Å². The highest BCUT2D eigenvalue weighted by Gasteiger charge is 2.27. The molecule has 69 heavy (non-hydrogen) atoms. The van der Waals surface area contributed by atoms with Crippen LogP contribution in [0.5, 0.6) is 0 Å². The van der Waals surface area contributed by atoms with E-state index in [0.29, 0.717) is 71.7 Å². The molecule has 8 aromatic carbocycles. The van der Waals surface area contributed by atoms with Crippen LogP contribution in [0.4, 0.5) is 0 Å². The molecule has 4 aromatic heterocycles. The van der Waals surface area contributed by atoms with Crippen molar-refractivity contribution in [2.24, 2.45) is 0 Å². The van der Waals surface area contributed by atoms with Gasteiger partial charge in [-0.1, -0.05) is 112 Å². The Morgan fingerprint density at radius 3 is 0.942 bits per heavy atom. The fourth-order valence-electron chi connectivity index (χ4n) is 10.1. The molecule has 290 valence electrons. The summed E-state index contributed by atoms with van der Waals surface area (Å²) in [6.45, 7) is 0. The van der Waals surface area contributed by atoms with E-state index >= 15 is 0 Å². The third-order valence-electron chi connectivity index (χ3n) is 13.4. The van der Waals surface area contributed by atoms with Crippen LogP contribution in [0.3, 0.4) is 0 Å². The van der Waals surface area contributed by atoms with Gasteiger partial charge in [0.2, 0.25) is 5.95 Å². The number of aromatic nitrogens is 6. The summed E-state index contributed by atoms with van der Waals surface area (Å²) in [5, 5.41) is 4.27. The van der Waals surface area contributed by atoms with Crippen LogP contribution in [0.15, 0.2) is 121 Å². The maximum Gasteiger partial charge on any atom is 0.238 e. The molecular weight excluding hydrogens is 826 g/mol. The fourth-order valence-corrected chi connectivity index (χ4v) is 10.1. The first kappa shape index (κ1) is 43.2. The predicted octanol–water partition coefficient (Wildman–Crippen LogP) is -1.98. The first-order valence-corrected chi connectivity index (χ1v) is 21.7. The average Bonchev–Trinajstić information content (AvgIpc) is 4.04. The van der Waals surface area contributed by atoms with Gasteiger partial charge in [-0.2, -0.15) is 9.97 Å². The van der Waals surface area contributed by atoms with E-state index in [4.69, 9.17) is 109 Å². The van der Waals surface area contributed by atoms with Crippen molar-refractivity contribution < 1.29 is 0 Å². The van der Waals surface area contributed by atoms with Crippen LogP contribution in [0, 0.1) is 0 Å². The van der Waals surface area contributed by atoms with Crippen molar-refractivity contribution in [2.45, 2.75) is 0 Å². The first-order chi connectivity index (χ1) is 33.3. The zero-order valence-electron chi connectivity index (χ0n) is 36.7. The van der Waals surface area contributed by atoms with Crippen LogP contribution in [0.25, 0.3) is 106 Å². The van der Waals surface area contributed by atoms with Gasteiger partial charge in [-0.15, -0.1) is 32.8 Å². The van der Waals surface area contributed by atoms with Gasteiger partial charge < -0.3 is 9.13 Å². The fraction of sp³-hybridized carbons (Fsp3) is 0. The highest BCUT2D eigenvalue weighted by Crippen LogP contribution is 2.38. The van der Waals surface area contributed by atoms with E-state index in [2.05, 4.69) is 0 Å². The van der Waals surface area contributed by atoms with Crippen LogP contribution >= 0.6 is 0 Å². The van der Waals surface area contributed by atoms with E-state index in [0.717, 1.165) is 27.2 Å². The van der Waals surface area contributed by atoms with Crippen LogP contribution in [-0.2, 0) is 0 Å². The van der Waals surface area contributed by atoms with Crippen molar-refractivity contribution in [2.75, 3.05) is 0 Å². The summed E-state index contributed by atoms with van der Waals surface area (Å²) in [5.41, 5.74) is 8.96. The lowest BCUT2D eigenvalue weighted by atomic mass is 9.65. The van der Waals surface area contributed by atoms with E-state index < -0.39 is 0 Å². The summed E-state index contributed by atoms with van der Waals surface area (Å²) in [6, 6.07) is 38.6. The Kier molecular flexibility index (Phi) is 9.87. The maximum atomic E-state index is 6.93. The minimum atomic E-state index is 0.125. The Bertz CT molecular complexity index is 4050. The van der Waals surface area contributed by atoms with E-state index in [1.54, 1.807) is 0 Å². The van der Waals surface area contributed by atoms with Gasteiger partial charge in [0, 0.05) is 43.8 Å². The highest BCUT2D eigenvalue weighted by molar-refractivity contribution is 6.69. The number of hydrogen-bond acceptors (Lipinski definition) is 3. The Balaban J connectivity index is 1.23. The molecule has 0 aliphatic rings. The molecule has 0 spiro atoms. The van der Waals surface area contributed by atoms with Gasteiger partial charge >= 0.3 is 0 Å². The van der Waals surface area contributed by atoms with Gasteiger partial charge in [0.15, 0.2) is 11.6 Å². The largest absolute Gasteiger partial charge is 0.309 e. The van der Waals surface area contributed by atoms with Crippen LogP contribution in [0.2, 0.25) is 0 Å². The monoisotopic (exact) mass is 848 g/mol. The zero-order valence-corrected chi connectivity index (χ0v) is 36.7. The Hall–Kier alpha value is -7.05. The second-order valence-electron chi connectivity index (χ2n) is 17.0. The molecule has 12 rings (SSSR count). The van der Waals surface area contributed by atoms with Gasteiger partial charge in [-0.3, -0.25) is 4.57 Å². The molecule has 18 heteroatoms. The van der Waals surface area contributed by atoms with E-state index in [1.807, 2.05) is 135 Å². The smallest absolute Gasteiger partial charge is 0.238 e. The number of fused-ring (bicyclic) bond motifs is 9. The summed E-state index contributed by atoms with van der Waals surface area (Å²) in [4.78, 5) is 16.0. The number of para-hydroxylation sites is 5. The third kappa shape index (κ3) is 6.00. The van der Waals surface area contributed by atoms with E-state index in [-0.39, 0.29) is 72.2 Å². The molecular formula is C51H20B12N6. The van der Waals surface area contributed by atoms with Gasteiger partial charge in [0.25, 0.3) is 0 Å². The van der Waals surface area contributed by atoms with Crippen molar-refractivity contribution >= 4 is 225 Å². The second kappa shape index (κ2) is 15.7. The standard InChI is InChI=1S/C51H20B12N6/c52-34-31-21-11-1-6-16-26(21)67(46(31)43(61)40(58)37(34)55)29-19-9-4-14-24(29)49-64-50(66-51(65-49)69-28-18-8-3-13-23(28)33-36(54)39(57)42(60)45(63)48(33)69)25-15-5-10-20-30(25)68-27-17-7-2-12-22(27)32-35(53)38(56)41(59)44(62)47(32)68/h1-20H. The summed E-state index contributed by atoms with van der Waals surface area (Å²) in [7, 11) is 80.3. The molecule has 12 aromatic rings. The molecule has 0 fully saturated rings. The minimum absolute atomic E-state index is 0.125. The molecule has 24 radical (unpaired) electrons. The number of hydrogen-bond donors (Lipinski definition) is 0. The third-order valence-corrected chi connectivity index (χ3v) is 13.4. The van der Waals surface area contributed by atoms with Gasteiger partial charge in [0.05, 0.1) is 27.9 Å². The lowest BCUT2D eigenvalue weighted by molar-refractivity contribution is 0.951. The van der Waals surface area contributed by atoms with Crippen molar-refractivity contribution in [1.29, 1.82) is 0 Å². The van der Waals surface area contributed by atoms with Crippen LogP contribution in [0.1, 0.15) is 0 Å². The van der Waals surface area contributed by atoms with Crippen LogP contribution < -0.4 is 65.6 Å². The summed E-state index contributed by atoms with van der Waals surface area (Å²) in [6.07, 6.45) is 0. The van der Waals surface area contributed by atoms with Crippen molar-refractivity contribution in [3.05, 3.63) is 121 Å².